The first-order valence-electron chi connectivity index (χ1n) is 8.76. The van der Waals surface area contributed by atoms with Gasteiger partial charge < -0.3 is 9.52 Å². The van der Waals surface area contributed by atoms with Gasteiger partial charge in [-0.3, -0.25) is 0 Å². The second kappa shape index (κ2) is 5.56. The lowest BCUT2D eigenvalue weighted by Gasteiger charge is -2.59. The maximum absolute atomic E-state index is 10.7. The van der Waals surface area contributed by atoms with Crippen LogP contribution in [0.1, 0.15) is 71.0 Å². The second-order valence-electron chi connectivity index (χ2n) is 8.19. The van der Waals surface area contributed by atoms with E-state index in [0.717, 1.165) is 12.0 Å². The Morgan fingerprint density at radius 3 is 2.86 bits per heavy atom. The Labute approximate surface area is 134 Å². The molecule has 122 valence electrons. The number of fused-ring (bicyclic) bond motifs is 1. The summed E-state index contributed by atoms with van der Waals surface area (Å²) in [6.07, 6.45) is 9.93. The summed E-state index contributed by atoms with van der Waals surface area (Å²) in [4.78, 5) is 0. The van der Waals surface area contributed by atoms with Gasteiger partial charge in [0.1, 0.15) is 0 Å². The average molecular weight is 302 g/mol. The Hall–Kier alpha value is -1.02. The van der Waals surface area contributed by atoms with Crippen molar-refractivity contribution in [3.8, 4) is 0 Å². The standard InChI is InChI=1S/C20H30O2/c1-14-6-5-7-18-19(14,3)10-8-15(2)20(18,4)12-17(21)16-9-11-22-13-16/h9,11,13,15,17-18,21H,1,5-8,10,12H2,2-4H3/t15-,17-,18+,19+,20+/m1/s1. The van der Waals surface area contributed by atoms with Gasteiger partial charge in [-0.05, 0) is 67.3 Å². The molecule has 0 unspecified atom stereocenters. The van der Waals surface area contributed by atoms with E-state index in [2.05, 4.69) is 27.4 Å². The summed E-state index contributed by atoms with van der Waals surface area (Å²) in [6, 6.07) is 1.89. The van der Waals surface area contributed by atoms with E-state index in [1.165, 1.54) is 37.7 Å². The van der Waals surface area contributed by atoms with Gasteiger partial charge in [-0.25, -0.2) is 0 Å². The predicted octanol–water partition coefficient (Wildman–Crippen LogP) is 5.50. The van der Waals surface area contributed by atoms with Crippen molar-refractivity contribution >= 4 is 0 Å². The van der Waals surface area contributed by atoms with Crippen LogP contribution < -0.4 is 0 Å². The van der Waals surface area contributed by atoms with Crippen molar-refractivity contribution in [1.29, 1.82) is 0 Å². The van der Waals surface area contributed by atoms with Crippen LogP contribution in [0.15, 0.2) is 35.2 Å². The fourth-order valence-corrected chi connectivity index (χ4v) is 5.31. The molecule has 22 heavy (non-hydrogen) atoms. The van der Waals surface area contributed by atoms with Crippen LogP contribution in [0.5, 0.6) is 0 Å². The molecule has 1 aromatic rings. The van der Waals surface area contributed by atoms with E-state index in [4.69, 9.17) is 4.42 Å². The van der Waals surface area contributed by atoms with Crippen molar-refractivity contribution in [3.63, 3.8) is 0 Å². The van der Waals surface area contributed by atoms with E-state index < -0.39 is 6.10 Å². The first-order chi connectivity index (χ1) is 10.4. The third-order valence-electron chi connectivity index (χ3n) is 7.13. The minimum Gasteiger partial charge on any atom is -0.472 e. The SMILES string of the molecule is C=C1CCC[C@@H]2[C@@](C)(C[C@@H](O)c3ccoc3)[C@H](C)CC[C@@]12C. The van der Waals surface area contributed by atoms with Crippen LogP contribution in [0.2, 0.25) is 0 Å². The monoisotopic (exact) mass is 302 g/mol. The molecular formula is C20H30O2. The van der Waals surface area contributed by atoms with Crippen LogP contribution in [-0.2, 0) is 0 Å². The lowest BCUT2D eigenvalue weighted by Crippen LogP contribution is -2.50. The van der Waals surface area contributed by atoms with Crippen LogP contribution in [0.4, 0.5) is 0 Å². The number of hydrogen-bond acceptors (Lipinski definition) is 2. The summed E-state index contributed by atoms with van der Waals surface area (Å²) in [5.74, 6) is 1.27. The molecule has 2 aliphatic carbocycles. The molecule has 1 aromatic heterocycles. The summed E-state index contributed by atoms with van der Waals surface area (Å²) in [6.45, 7) is 11.6. The molecule has 0 bridgehead atoms. The molecule has 1 N–H and O–H groups in total. The Balaban J connectivity index is 1.89. The summed E-state index contributed by atoms with van der Waals surface area (Å²) in [5, 5.41) is 10.7. The molecule has 0 saturated heterocycles. The largest absolute Gasteiger partial charge is 0.472 e. The van der Waals surface area contributed by atoms with E-state index >= 15 is 0 Å². The molecule has 2 fully saturated rings. The van der Waals surface area contributed by atoms with Gasteiger partial charge in [-0.15, -0.1) is 0 Å². The third kappa shape index (κ3) is 2.36. The Morgan fingerprint density at radius 2 is 2.18 bits per heavy atom. The first-order valence-corrected chi connectivity index (χ1v) is 8.76. The van der Waals surface area contributed by atoms with Crippen molar-refractivity contribution in [1.82, 2.24) is 0 Å². The number of hydrogen-bond donors (Lipinski definition) is 1. The number of aliphatic hydroxyl groups is 1. The van der Waals surface area contributed by atoms with Crippen LogP contribution in [0.25, 0.3) is 0 Å². The number of rotatable bonds is 3. The molecule has 0 radical (unpaired) electrons. The highest BCUT2D eigenvalue weighted by molar-refractivity contribution is 5.20. The first kappa shape index (κ1) is 15.9. The van der Waals surface area contributed by atoms with Gasteiger partial charge >= 0.3 is 0 Å². The Bertz CT molecular complexity index is 532. The summed E-state index contributed by atoms with van der Waals surface area (Å²) >= 11 is 0. The number of allylic oxidation sites excluding steroid dienone is 1. The van der Waals surface area contributed by atoms with Gasteiger partial charge in [0.25, 0.3) is 0 Å². The Kier molecular flexibility index (Phi) is 4.01. The van der Waals surface area contributed by atoms with Crippen molar-refractivity contribution in [3.05, 3.63) is 36.3 Å². The molecule has 2 heteroatoms. The molecule has 2 nitrogen and oxygen atoms in total. The van der Waals surface area contributed by atoms with Crippen LogP contribution >= 0.6 is 0 Å². The number of aliphatic hydroxyl groups excluding tert-OH is 1. The highest BCUT2D eigenvalue weighted by Gasteiger charge is 2.54. The third-order valence-corrected chi connectivity index (χ3v) is 7.13. The van der Waals surface area contributed by atoms with Crippen LogP contribution in [0.3, 0.4) is 0 Å². The van der Waals surface area contributed by atoms with Crippen molar-refractivity contribution in [2.24, 2.45) is 22.7 Å². The highest BCUT2D eigenvalue weighted by Crippen LogP contribution is 2.63. The predicted molar refractivity (Wildman–Crippen MR) is 89.4 cm³/mol. The fourth-order valence-electron chi connectivity index (χ4n) is 5.31. The summed E-state index contributed by atoms with van der Waals surface area (Å²) in [7, 11) is 0. The summed E-state index contributed by atoms with van der Waals surface area (Å²) < 4.78 is 5.15. The zero-order valence-corrected chi connectivity index (χ0v) is 14.3. The molecule has 3 rings (SSSR count). The van der Waals surface area contributed by atoms with Gasteiger partial charge in [0.15, 0.2) is 0 Å². The van der Waals surface area contributed by atoms with Crippen molar-refractivity contribution in [2.75, 3.05) is 0 Å². The zero-order chi connectivity index (χ0) is 16.0. The zero-order valence-electron chi connectivity index (χ0n) is 14.3. The van der Waals surface area contributed by atoms with E-state index in [1.807, 2.05) is 6.07 Å². The molecule has 2 aliphatic rings. The molecule has 0 amide bonds. The molecule has 0 aromatic carbocycles. The number of furan rings is 1. The van der Waals surface area contributed by atoms with E-state index in [9.17, 15) is 5.11 Å². The van der Waals surface area contributed by atoms with Gasteiger partial charge in [0.2, 0.25) is 0 Å². The minimum atomic E-state index is -0.427. The van der Waals surface area contributed by atoms with Crippen LogP contribution in [0, 0.1) is 22.7 Å². The second-order valence-corrected chi connectivity index (χ2v) is 8.19. The molecule has 1 heterocycles. The molecule has 0 aliphatic heterocycles. The Morgan fingerprint density at radius 1 is 1.41 bits per heavy atom. The fraction of sp³-hybridized carbons (Fsp3) is 0.700. The van der Waals surface area contributed by atoms with E-state index in [-0.39, 0.29) is 10.8 Å². The molecule has 2 saturated carbocycles. The van der Waals surface area contributed by atoms with E-state index in [0.29, 0.717) is 11.8 Å². The average Bonchev–Trinajstić information content (AvgIpc) is 3.00. The van der Waals surface area contributed by atoms with E-state index in [1.54, 1.807) is 12.5 Å². The van der Waals surface area contributed by atoms with Crippen molar-refractivity contribution in [2.45, 2.75) is 65.4 Å². The topological polar surface area (TPSA) is 33.4 Å². The van der Waals surface area contributed by atoms with Gasteiger partial charge in [-0.1, -0.05) is 32.9 Å². The van der Waals surface area contributed by atoms with Gasteiger partial charge in [0, 0.05) is 5.56 Å². The minimum absolute atomic E-state index is 0.160. The van der Waals surface area contributed by atoms with Crippen molar-refractivity contribution < 1.29 is 9.52 Å². The molecule has 5 atom stereocenters. The van der Waals surface area contributed by atoms with Crippen LogP contribution in [-0.4, -0.2) is 5.11 Å². The lowest BCUT2D eigenvalue weighted by molar-refractivity contribution is -0.0763. The quantitative estimate of drug-likeness (QED) is 0.748. The maximum Gasteiger partial charge on any atom is 0.0960 e. The van der Waals surface area contributed by atoms with Gasteiger partial charge in [0.05, 0.1) is 18.6 Å². The molecular weight excluding hydrogens is 272 g/mol. The lowest BCUT2D eigenvalue weighted by atomic mass is 9.46. The maximum atomic E-state index is 10.7. The van der Waals surface area contributed by atoms with Gasteiger partial charge in [-0.2, -0.15) is 0 Å². The highest BCUT2D eigenvalue weighted by atomic mass is 16.3. The molecule has 0 spiro atoms. The normalized spacial score (nSPS) is 40.3. The summed E-state index contributed by atoms with van der Waals surface area (Å²) in [5.41, 5.74) is 2.78. The smallest absolute Gasteiger partial charge is 0.0960 e.